The second-order valence-corrected chi connectivity index (χ2v) is 22.7. The molecule has 2 aliphatic heterocycles. The van der Waals surface area contributed by atoms with Crippen LogP contribution in [0, 0.1) is 39.5 Å². The first-order valence-corrected chi connectivity index (χ1v) is 27.8. The van der Waals surface area contributed by atoms with Gasteiger partial charge >= 0.3 is 24.1 Å². The summed E-state index contributed by atoms with van der Waals surface area (Å²) in [7, 11) is 0. The second-order valence-electron chi connectivity index (χ2n) is 20.9. The number of benzene rings is 5. The Morgan fingerprint density at radius 2 is 1.03 bits per heavy atom. The van der Waals surface area contributed by atoms with Crippen molar-refractivity contribution in [2.24, 2.45) is 11.8 Å². The summed E-state index contributed by atoms with van der Waals surface area (Å²) in [6.45, 7) is 16.0. The number of carbonyl (C=O) groups is 6. The van der Waals surface area contributed by atoms with E-state index in [-0.39, 0.29) is 62.8 Å². The third-order valence-corrected chi connectivity index (χ3v) is 15.8. The first-order valence-electron chi connectivity index (χ1n) is 25.3. The lowest BCUT2D eigenvalue weighted by Crippen LogP contribution is -2.44. The Bertz CT molecular complexity index is 2960. The van der Waals surface area contributed by atoms with Gasteiger partial charge in [-0.1, -0.05) is 72.8 Å². The molecule has 0 aliphatic carbocycles. The Labute approximate surface area is 453 Å². The fourth-order valence-corrected chi connectivity index (χ4v) is 11.0. The molecule has 2 saturated heterocycles. The van der Waals surface area contributed by atoms with E-state index in [0.29, 0.717) is 56.0 Å². The summed E-state index contributed by atoms with van der Waals surface area (Å²) in [6, 6.07) is 29.5. The van der Waals surface area contributed by atoms with E-state index < -0.39 is 53.1 Å². The van der Waals surface area contributed by atoms with Crippen LogP contribution >= 0.6 is 23.5 Å². The standard InChI is InChI=1S/C60H68N2O12S2/c1-34(2)72-58(70)62-30-48(50(32-62)52(64)42-17-21-46(76-11)22-18-42)44-25-37(5)54(38(6)26-44)74-60(9,56(67)68)28-39-13-12-14-40(27-39)33-71-57(69)61-29-47(49(31-61)51(63)41-15-19-45(75-10)20-16-41)43-23-35(3)53(36(4)24-43)73-59(7,8)55(65)66/h12-27,34,47-50H,28-33H2,1-11H3,(H,65,66)(H,67,68)/t47-,48+,49+,50-,60?/m1/s1. The van der Waals surface area contributed by atoms with Crippen molar-refractivity contribution in [1.82, 2.24) is 9.80 Å². The fraction of sp³-hybridized carbons (Fsp3) is 0.400. The molecule has 0 saturated carbocycles. The van der Waals surface area contributed by atoms with Crippen LogP contribution in [0.25, 0.3) is 0 Å². The average molecular weight is 1070 g/mol. The third-order valence-electron chi connectivity index (χ3n) is 14.3. The van der Waals surface area contributed by atoms with Crippen LogP contribution in [-0.2, 0) is 32.1 Å². The number of carbonyl (C=O) groups excluding carboxylic acids is 4. The maximum Gasteiger partial charge on any atom is 0.410 e. The van der Waals surface area contributed by atoms with Crippen molar-refractivity contribution in [3.05, 3.63) is 153 Å². The maximum atomic E-state index is 14.3. The van der Waals surface area contributed by atoms with E-state index in [2.05, 4.69) is 0 Å². The third kappa shape index (κ3) is 12.9. The molecule has 0 spiro atoms. The first-order chi connectivity index (χ1) is 35.9. The van der Waals surface area contributed by atoms with Crippen LogP contribution in [0.1, 0.15) is 112 Å². The summed E-state index contributed by atoms with van der Waals surface area (Å²) in [5, 5.41) is 20.5. The van der Waals surface area contributed by atoms with Gasteiger partial charge in [0.1, 0.15) is 18.1 Å². The number of hydrogen-bond acceptors (Lipinski definition) is 12. The normalized spacial score (nSPS) is 18.3. The minimum Gasteiger partial charge on any atom is -0.478 e. The minimum absolute atomic E-state index is 0.0435. The number of likely N-dealkylation sites (tertiary alicyclic amines) is 2. The molecule has 7 rings (SSSR count). The van der Waals surface area contributed by atoms with Gasteiger partial charge in [-0.05, 0) is 144 Å². The maximum absolute atomic E-state index is 14.3. The number of nitrogens with zero attached hydrogens (tertiary/aromatic N) is 2. The predicted octanol–water partition coefficient (Wildman–Crippen LogP) is 11.7. The van der Waals surface area contributed by atoms with Crippen molar-refractivity contribution in [3.63, 3.8) is 0 Å². The van der Waals surface area contributed by atoms with Crippen LogP contribution in [0.5, 0.6) is 11.5 Å². The zero-order valence-electron chi connectivity index (χ0n) is 45.1. The number of aryl methyl sites for hydroxylation is 4. The van der Waals surface area contributed by atoms with Crippen LogP contribution in [0.2, 0.25) is 0 Å². The number of Topliss-reactive ketones (excluding diaryl/α,β-unsaturated/α-hetero) is 2. The number of amides is 2. The summed E-state index contributed by atoms with van der Waals surface area (Å²) < 4.78 is 23.9. The van der Waals surface area contributed by atoms with Crippen molar-refractivity contribution < 1.29 is 57.9 Å². The van der Waals surface area contributed by atoms with Crippen LogP contribution in [-0.4, -0.2) is 112 Å². The summed E-state index contributed by atoms with van der Waals surface area (Å²) in [4.78, 5) is 85.8. The largest absolute Gasteiger partial charge is 0.478 e. The molecule has 14 nitrogen and oxygen atoms in total. The summed E-state index contributed by atoms with van der Waals surface area (Å²) >= 11 is 3.15. The van der Waals surface area contributed by atoms with E-state index >= 15 is 0 Å². The van der Waals surface area contributed by atoms with E-state index in [1.165, 1.54) is 25.7 Å². The Balaban J connectivity index is 1.07. The molecule has 2 N–H and O–H groups in total. The summed E-state index contributed by atoms with van der Waals surface area (Å²) in [6.07, 6.45) is 2.44. The monoisotopic (exact) mass is 1070 g/mol. The molecule has 5 aromatic rings. The van der Waals surface area contributed by atoms with Gasteiger partial charge in [-0.3, -0.25) is 9.59 Å². The number of aliphatic carboxylic acids is 2. The van der Waals surface area contributed by atoms with Gasteiger partial charge in [0.05, 0.1) is 6.10 Å². The zero-order chi connectivity index (χ0) is 55.4. The van der Waals surface area contributed by atoms with Crippen molar-refractivity contribution in [2.45, 2.75) is 114 Å². The van der Waals surface area contributed by atoms with Crippen molar-refractivity contribution in [1.29, 1.82) is 0 Å². The molecule has 1 unspecified atom stereocenters. The van der Waals surface area contributed by atoms with E-state index in [0.717, 1.165) is 20.9 Å². The molecule has 5 aromatic carbocycles. The molecule has 2 heterocycles. The summed E-state index contributed by atoms with van der Waals surface area (Å²) in [5.74, 6) is -3.62. The second kappa shape index (κ2) is 23.6. The van der Waals surface area contributed by atoms with Crippen LogP contribution in [0.15, 0.2) is 107 Å². The number of hydrogen-bond donors (Lipinski definition) is 2. The Hall–Kier alpha value is -6.78. The lowest BCUT2D eigenvalue weighted by Gasteiger charge is -2.29. The molecule has 5 atom stereocenters. The van der Waals surface area contributed by atoms with Gasteiger partial charge in [0.15, 0.2) is 17.2 Å². The highest BCUT2D eigenvalue weighted by molar-refractivity contribution is 7.98. The zero-order valence-corrected chi connectivity index (χ0v) is 46.7. The number of ketones is 2. The molecular formula is C60H68N2O12S2. The quantitative estimate of drug-likeness (QED) is 0.0587. The van der Waals surface area contributed by atoms with Gasteiger partial charge < -0.3 is 39.0 Å². The van der Waals surface area contributed by atoms with E-state index in [1.807, 2.05) is 101 Å². The highest BCUT2D eigenvalue weighted by Crippen LogP contribution is 2.42. The molecule has 2 aliphatic rings. The number of carboxylic acid groups (broad SMARTS) is 2. The molecule has 402 valence electrons. The molecule has 0 radical (unpaired) electrons. The molecule has 2 fully saturated rings. The average Bonchev–Trinajstić information content (AvgIpc) is 4.04. The highest BCUT2D eigenvalue weighted by atomic mass is 32.2. The molecule has 2 amide bonds. The Morgan fingerprint density at radius 3 is 1.45 bits per heavy atom. The molecular weight excluding hydrogens is 1000 g/mol. The molecule has 16 heteroatoms. The lowest BCUT2D eigenvalue weighted by molar-refractivity contribution is -0.154. The van der Waals surface area contributed by atoms with E-state index in [4.69, 9.17) is 18.9 Å². The smallest absolute Gasteiger partial charge is 0.410 e. The van der Waals surface area contributed by atoms with Gasteiger partial charge in [0.25, 0.3) is 0 Å². The number of rotatable bonds is 19. The van der Waals surface area contributed by atoms with E-state index in [1.54, 1.807) is 78.7 Å². The van der Waals surface area contributed by atoms with Gasteiger partial charge in [0, 0.05) is 77.2 Å². The van der Waals surface area contributed by atoms with Crippen LogP contribution < -0.4 is 9.47 Å². The first kappa shape index (κ1) is 56.9. The highest BCUT2D eigenvalue weighted by Gasteiger charge is 2.44. The van der Waals surface area contributed by atoms with Gasteiger partial charge in [-0.25, -0.2) is 19.2 Å². The molecule has 0 aromatic heterocycles. The van der Waals surface area contributed by atoms with Crippen molar-refractivity contribution in [2.75, 3.05) is 38.7 Å². The molecule has 76 heavy (non-hydrogen) atoms. The fourth-order valence-electron chi connectivity index (χ4n) is 10.2. The topological polar surface area (TPSA) is 186 Å². The van der Waals surface area contributed by atoms with Crippen molar-refractivity contribution in [3.8, 4) is 11.5 Å². The van der Waals surface area contributed by atoms with Crippen LogP contribution in [0.3, 0.4) is 0 Å². The van der Waals surface area contributed by atoms with Gasteiger partial charge in [-0.2, -0.15) is 0 Å². The SMILES string of the molecule is CSc1ccc(C(=O)[C@H]2CN(C(=O)OCc3cccc(CC(C)(Oc4c(C)cc([C@@H]5CN(C(=O)OC(C)C)C[C@H]5C(=O)c5ccc(SC)cc5)cc4C)C(=O)O)c3)C[C@@H]2c2cc(C)c(OC(C)(C)C(=O)O)c(C)c2)cc1. The van der Waals surface area contributed by atoms with Crippen molar-refractivity contribution >= 4 is 59.2 Å². The van der Waals surface area contributed by atoms with Gasteiger partial charge in [0.2, 0.25) is 5.60 Å². The number of thioether (sulfide) groups is 2. The number of ether oxygens (including phenoxy) is 4. The number of carboxylic acids is 2. The van der Waals surface area contributed by atoms with E-state index in [9.17, 15) is 39.0 Å². The van der Waals surface area contributed by atoms with Gasteiger partial charge in [-0.15, -0.1) is 23.5 Å². The lowest BCUT2D eigenvalue weighted by atomic mass is 9.82. The predicted molar refractivity (Wildman–Crippen MR) is 294 cm³/mol. The Kier molecular flexibility index (Phi) is 17.7. The summed E-state index contributed by atoms with van der Waals surface area (Å²) in [5.41, 5.74) is 3.45. The minimum atomic E-state index is -1.74. The Morgan fingerprint density at radius 1 is 0.592 bits per heavy atom. The van der Waals surface area contributed by atoms with Crippen LogP contribution in [0.4, 0.5) is 9.59 Å². The molecule has 0 bridgehead atoms.